The highest BCUT2D eigenvalue weighted by atomic mass is 35.5. The van der Waals surface area contributed by atoms with Crippen LogP contribution in [-0.2, 0) is 10.3 Å². The van der Waals surface area contributed by atoms with E-state index >= 15 is 0 Å². The molecule has 0 radical (unpaired) electrons. The molecule has 2 rings (SSSR count). The number of aromatic nitrogens is 1. The number of hydrogen-bond acceptors (Lipinski definition) is 4. The first kappa shape index (κ1) is 14.6. The second kappa shape index (κ2) is 6.07. The number of halogens is 1. The van der Waals surface area contributed by atoms with E-state index in [-0.39, 0.29) is 18.2 Å². The van der Waals surface area contributed by atoms with Crippen LogP contribution in [0.4, 0.5) is 0 Å². The van der Waals surface area contributed by atoms with Gasteiger partial charge < -0.3 is 14.6 Å². The normalized spacial score (nSPS) is 13.8. The van der Waals surface area contributed by atoms with E-state index in [0.29, 0.717) is 5.02 Å². The zero-order valence-electron chi connectivity index (χ0n) is 11.2. The summed E-state index contributed by atoms with van der Waals surface area (Å²) in [5.74, 6) is -0.178. The summed E-state index contributed by atoms with van der Waals surface area (Å²) < 4.78 is 10.3. The van der Waals surface area contributed by atoms with Gasteiger partial charge in [-0.25, -0.2) is 0 Å². The van der Waals surface area contributed by atoms with Gasteiger partial charge in [-0.2, -0.15) is 0 Å². The van der Waals surface area contributed by atoms with Crippen LogP contribution in [0.2, 0.25) is 5.02 Å². The number of benzene rings is 1. The van der Waals surface area contributed by atoms with Gasteiger partial charge in [0, 0.05) is 18.2 Å². The van der Waals surface area contributed by atoms with Crippen molar-refractivity contribution in [3.8, 4) is 0 Å². The van der Waals surface area contributed by atoms with Crippen molar-refractivity contribution in [3.63, 3.8) is 0 Å². The molecule has 1 amide bonds. The summed E-state index contributed by atoms with van der Waals surface area (Å²) in [7, 11) is 1.58. The van der Waals surface area contributed by atoms with Crippen LogP contribution in [-0.4, -0.2) is 24.7 Å². The Morgan fingerprint density at radius 2 is 2.30 bits per heavy atom. The minimum absolute atomic E-state index is 0.162. The summed E-state index contributed by atoms with van der Waals surface area (Å²) in [6, 6.07) is 8.84. The molecule has 2 aromatic rings. The van der Waals surface area contributed by atoms with E-state index in [1.54, 1.807) is 13.2 Å². The molecule has 0 fully saturated rings. The van der Waals surface area contributed by atoms with E-state index in [4.69, 9.17) is 20.9 Å². The van der Waals surface area contributed by atoms with Gasteiger partial charge in [-0.1, -0.05) is 28.9 Å². The summed E-state index contributed by atoms with van der Waals surface area (Å²) >= 11 is 5.99. The number of nitrogens with zero attached hydrogens (tertiary/aromatic N) is 1. The van der Waals surface area contributed by atoms with E-state index in [0.717, 1.165) is 5.56 Å². The van der Waals surface area contributed by atoms with Crippen LogP contribution in [0.15, 0.2) is 41.1 Å². The Morgan fingerprint density at radius 1 is 1.50 bits per heavy atom. The highest BCUT2D eigenvalue weighted by molar-refractivity contribution is 6.30. The molecule has 1 aromatic heterocycles. The zero-order valence-corrected chi connectivity index (χ0v) is 12.0. The van der Waals surface area contributed by atoms with Gasteiger partial charge in [0.15, 0.2) is 0 Å². The van der Waals surface area contributed by atoms with Gasteiger partial charge in [-0.05, 0) is 24.6 Å². The molecular weight excluding hydrogens is 280 g/mol. The molecule has 0 spiro atoms. The number of rotatable bonds is 5. The first-order chi connectivity index (χ1) is 9.55. The van der Waals surface area contributed by atoms with Crippen molar-refractivity contribution < 1.29 is 14.1 Å². The van der Waals surface area contributed by atoms with Crippen LogP contribution >= 0.6 is 11.6 Å². The highest BCUT2D eigenvalue weighted by Gasteiger charge is 2.27. The molecule has 0 aliphatic heterocycles. The Balaban J connectivity index is 2.10. The van der Waals surface area contributed by atoms with E-state index in [1.807, 2.05) is 25.1 Å². The van der Waals surface area contributed by atoms with Gasteiger partial charge in [0.2, 0.25) is 5.76 Å². The molecule has 5 nitrogen and oxygen atoms in total. The maximum Gasteiger partial charge on any atom is 0.290 e. The Hall–Kier alpha value is -1.85. The van der Waals surface area contributed by atoms with Crippen molar-refractivity contribution in [2.24, 2.45) is 0 Å². The van der Waals surface area contributed by atoms with Crippen LogP contribution in [0.25, 0.3) is 0 Å². The lowest BCUT2D eigenvalue weighted by Gasteiger charge is -2.29. The van der Waals surface area contributed by atoms with E-state index in [1.165, 1.54) is 12.3 Å². The van der Waals surface area contributed by atoms with Crippen molar-refractivity contribution in [1.82, 2.24) is 10.5 Å². The number of carbonyl (C=O) groups is 1. The summed E-state index contributed by atoms with van der Waals surface area (Å²) in [4.78, 5) is 11.8. The van der Waals surface area contributed by atoms with Gasteiger partial charge >= 0.3 is 0 Å². The first-order valence-corrected chi connectivity index (χ1v) is 6.43. The summed E-state index contributed by atoms with van der Waals surface area (Å²) in [5.41, 5.74) is 0.200. The zero-order chi connectivity index (χ0) is 14.6. The van der Waals surface area contributed by atoms with Crippen molar-refractivity contribution in [3.05, 3.63) is 52.9 Å². The average molecular weight is 295 g/mol. The maximum absolute atomic E-state index is 11.8. The molecular formula is C14H15ClN2O3. The predicted octanol–water partition coefficient (Wildman–Crippen LogP) is 2.62. The van der Waals surface area contributed by atoms with Crippen LogP contribution < -0.4 is 5.32 Å². The molecule has 1 N–H and O–H groups in total. The number of ether oxygens (including phenoxy) is 1. The standard InChI is InChI=1S/C14H15ClN2O3/c1-14(19-2,10-4-3-5-11(15)8-10)9-16-13(18)12-6-7-17-20-12/h3-8H,9H2,1-2H3,(H,16,18). The predicted molar refractivity (Wildman–Crippen MR) is 74.6 cm³/mol. The van der Waals surface area contributed by atoms with E-state index < -0.39 is 5.60 Å². The molecule has 1 heterocycles. The first-order valence-electron chi connectivity index (χ1n) is 6.05. The Bertz CT molecular complexity index is 586. The van der Waals surface area contributed by atoms with Crippen LogP contribution in [0.3, 0.4) is 0 Å². The fourth-order valence-electron chi connectivity index (χ4n) is 1.78. The van der Waals surface area contributed by atoms with Crippen LogP contribution in [0.5, 0.6) is 0 Å². The van der Waals surface area contributed by atoms with Gasteiger partial charge in [-0.15, -0.1) is 0 Å². The average Bonchev–Trinajstić information content (AvgIpc) is 2.98. The molecule has 20 heavy (non-hydrogen) atoms. The van der Waals surface area contributed by atoms with Gasteiger partial charge in [-0.3, -0.25) is 4.79 Å². The Labute approximate surface area is 121 Å². The van der Waals surface area contributed by atoms with Crippen molar-refractivity contribution in [2.75, 3.05) is 13.7 Å². The van der Waals surface area contributed by atoms with E-state index in [2.05, 4.69) is 10.5 Å². The molecule has 1 unspecified atom stereocenters. The quantitative estimate of drug-likeness (QED) is 0.920. The van der Waals surface area contributed by atoms with Crippen LogP contribution in [0, 0.1) is 0 Å². The third-order valence-corrected chi connectivity index (χ3v) is 3.37. The Kier molecular flexibility index (Phi) is 4.42. The lowest BCUT2D eigenvalue weighted by molar-refractivity contribution is 0.00288. The monoisotopic (exact) mass is 294 g/mol. The second-order valence-electron chi connectivity index (χ2n) is 4.50. The number of hydrogen-bond donors (Lipinski definition) is 1. The molecule has 6 heteroatoms. The fraction of sp³-hybridized carbons (Fsp3) is 0.286. The molecule has 0 aliphatic carbocycles. The summed E-state index contributed by atoms with van der Waals surface area (Å²) in [5, 5.41) is 6.86. The number of methoxy groups -OCH3 is 1. The maximum atomic E-state index is 11.8. The summed E-state index contributed by atoms with van der Waals surface area (Å²) in [6.45, 7) is 2.16. The number of nitrogens with one attached hydrogen (secondary N) is 1. The smallest absolute Gasteiger partial charge is 0.290 e. The van der Waals surface area contributed by atoms with Crippen molar-refractivity contribution in [2.45, 2.75) is 12.5 Å². The topological polar surface area (TPSA) is 64.4 Å². The van der Waals surface area contributed by atoms with E-state index in [9.17, 15) is 4.79 Å². The lowest BCUT2D eigenvalue weighted by Crippen LogP contribution is -2.40. The molecule has 0 saturated heterocycles. The van der Waals surface area contributed by atoms with Crippen molar-refractivity contribution >= 4 is 17.5 Å². The minimum atomic E-state index is -0.680. The second-order valence-corrected chi connectivity index (χ2v) is 4.94. The van der Waals surface area contributed by atoms with Crippen molar-refractivity contribution in [1.29, 1.82) is 0 Å². The fourth-order valence-corrected chi connectivity index (χ4v) is 1.97. The summed E-state index contributed by atoms with van der Waals surface area (Å²) in [6.07, 6.45) is 1.42. The number of carbonyl (C=O) groups excluding carboxylic acids is 1. The number of amides is 1. The molecule has 0 aliphatic rings. The lowest BCUT2D eigenvalue weighted by atomic mass is 9.95. The molecule has 0 saturated carbocycles. The van der Waals surface area contributed by atoms with Gasteiger partial charge in [0.25, 0.3) is 5.91 Å². The third kappa shape index (κ3) is 3.18. The third-order valence-electron chi connectivity index (χ3n) is 3.13. The molecule has 0 bridgehead atoms. The Morgan fingerprint density at radius 3 is 2.90 bits per heavy atom. The van der Waals surface area contributed by atoms with Gasteiger partial charge in [0.1, 0.15) is 5.60 Å². The SMILES string of the molecule is COC(C)(CNC(=O)c1ccno1)c1cccc(Cl)c1. The molecule has 1 aromatic carbocycles. The van der Waals surface area contributed by atoms with Gasteiger partial charge in [0.05, 0.1) is 12.7 Å². The van der Waals surface area contributed by atoms with Crippen LogP contribution in [0.1, 0.15) is 23.0 Å². The molecule has 1 atom stereocenters. The largest absolute Gasteiger partial charge is 0.372 e. The highest BCUT2D eigenvalue weighted by Crippen LogP contribution is 2.26. The minimum Gasteiger partial charge on any atom is -0.372 e. The molecule has 106 valence electrons.